The number of carboxylic acid groups (broad SMARTS) is 1. The molecule has 0 saturated carbocycles. The van der Waals surface area contributed by atoms with Crippen molar-refractivity contribution in [1.82, 2.24) is 5.32 Å². The summed E-state index contributed by atoms with van der Waals surface area (Å²) in [6.45, 7) is 4.23. The molecule has 0 spiro atoms. The lowest BCUT2D eigenvalue weighted by Gasteiger charge is -2.44. The molecular formula is C18H32N2O10. The number of aliphatic carboxylic acids is 1. The molecule has 12 nitrogen and oxygen atoms in total. The Morgan fingerprint density at radius 1 is 1.33 bits per heavy atom. The number of rotatable bonds is 10. The van der Waals surface area contributed by atoms with E-state index in [-0.39, 0.29) is 5.92 Å². The summed E-state index contributed by atoms with van der Waals surface area (Å²) in [4.78, 5) is 34.5. The number of nitrogens with two attached hydrogens (primary N) is 1. The van der Waals surface area contributed by atoms with Gasteiger partial charge in [-0.3, -0.25) is 9.59 Å². The van der Waals surface area contributed by atoms with E-state index in [1.165, 1.54) is 0 Å². The predicted octanol–water partition coefficient (Wildman–Crippen LogP) is -2.35. The maximum absolute atomic E-state index is 11.9. The van der Waals surface area contributed by atoms with E-state index in [0.717, 1.165) is 6.92 Å². The molecular weight excluding hydrogens is 404 g/mol. The number of aliphatic hydroxyl groups is 4. The van der Waals surface area contributed by atoms with Crippen LogP contribution in [-0.2, 0) is 23.9 Å². The van der Waals surface area contributed by atoms with Crippen LogP contribution in [0.2, 0.25) is 0 Å². The third-order valence-corrected chi connectivity index (χ3v) is 5.21. The Hall–Kier alpha value is -1.83. The zero-order chi connectivity index (χ0) is 23.2. The molecule has 1 heterocycles. The van der Waals surface area contributed by atoms with Crippen molar-refractivity contribution in [2.45, 2.75) is 76.4 Å². The number of aliphatic hydroxyl groups excluding tert-OH is 3. The Morgan fingerprint density at radius 2 is 1.93 bits per heavy atom. The van der Waals surface area contributed by atoms with E-state index >= 15 is 0 Å². The van der Waals surface area contributed by atoms with E-state index in [1.54, 1.807) is 6.92 Å². The van der Waals surface area contributed by atoms with E-state index in [9.17, 15) is 39.9 Å². The highest BCUT2D eigenvalue weighted by Gasteiger charge is 2.53. The van der Waals surface area contributed by atoms with Gasteiger partial charge in [0, 0.05) is 19.8 Å². The topological polar surface area (TPSA) is 209 Å². The molecule has 0 unspecified atom stereocenters. The van der Waals surface area contributed by atoms with E-state index in [1.807, 2.05) is 6.92 Å². The molecule has 0 radical (unpaired) electrons. The van der Waals surface area contributed by atoms with Gasteiger partial charge in [-0.25, -0.2) is 4.79 Å². The van der Waals surface area contributed by atoms with Crippen LogP contribution in [-0.4, -0.2) is 86.4 Å². The van der Waals surface area contributed by atoms with Crippen molar-refractivity contribution < 1.29 is 49.4 Å². The highest BCUT2D eigenvalue weighted by molar-refractivity contribution is 5.76. The molecule has 12 heteroatoms. The second-order valence-corrected chi connectivity index (χ2v) is 7.67. The molecule has 0 aromatic carbocycles. The molecule has 1 fully saturated rings. The predicted molar refractivity (Wildman–Crippen MR) is 100 cm³/mol. The molecule has 1 amide bonds. The lowest BCUT2D eigenvalue weighted by molar-refractivity contribution is -0.297. The summed E-state index contributed by atoms with van der Waals surface area (Å²) in [5.41, 5.74) is 5.75. The van der Waals surface area contributed by atoms with Gasteiger partial charge in [0.2, 0.25) is 5.91 Å². The molecule has 1 aliphatic heterocycles. The lowest BCUT2D eigenvalue weighted by atomic mass is 9.83. The third kappa shape index (κ3) is 6.86. The number of hydrogen-bond donors (Lipinski definition) is 7. The van der Waals surface area contributed by atoms with Crippen molar-refractivity contribution in [3.63, 3.8) is 0 Å². The maximum atomic E-state index is 11.9. The zero-order valence-electron chi connectivity index (χ0n) is 17.2. The first-order valence-corrected chi connectivity index (χ1v) is 9.69. The first-order valence-electron chi connectivity index (χ1n) is 9.69. The van der Waals surface area contributed by atoms with Crippen LogP contribution in [0.1, 0.15) is 40.0 Å². The molecule has 1 saturated heterocycles. The minimum atomic E-state index is -2.76. The minimum Gasteiger partial charge on any atom is -0.477 e. The Bertz CT molecular complexity index is 618. The summed E-state index contributed by atoms with van der Waals surface area (Å²) in [6, 6.07) is -0.888. The maximum Gasteiger partial charge on any atom is 0.364 e. The molecule has 0 aromatic rings. The Morgan fingerprint density at radius 3 is 2.43 bits per heavy atom. The number of carboxylic acids is 1. The van der Waals surface area contributed by atoms with Crippen LogP contribution in [0.3, 0.4) is 0 Å². The van der Waals surface area contributed by atoms with Crippen LogP contribution in [0, 0.1) is 11.8 Å². The standard InChI is InChI=1S/C18H32N2O10/c1-4-8(2)14(19)16(25)29-7-10(22)5-12-13(15(24)20-9(3)21)11(23)6-18(28,30-12)17(26)27/h8,10-15,22-24,28H,4-7,19H2,1-3H3,(H,20,21)(H,26,27)/t8-,10+,11+,12+,13+,14+,15+,18+/m1/s1. The van der Waals surface area contributed by atoms with E-state index in [2.05, 4.69) is 5.32 Å². The summed E-state index contributed by atoms with van der Waals surface area (Å²) >= 11 is 0. The Kier molecular flexibility index (Phi) is 9.59. The zero-order valence-corrected chi connectivity index (χ0v) is 17.2. The average molecular weight is 436 g/mol. The minimum absolute atomic E-state index is 0.144. The number of carbonyl (C=O) groups excluding carboxylic acids is 2. The van der Waals surface area contributed by atoms with Crippen LogP contribution >= 0.6 is 0 Å². The van der Waals surface area contributed by atoms with Crippen LogP contribution in [0.25, 0.3) is 0 Å². The molecule has 1 rings (SSSR count). The average Bonchev–Trinajstić information content (AvgIpc) is 2.63. The number of hydrogen-bond acceptors (Lipinski definition) is 10. The number of ether oxygens (including phenoxy) is 2. The van der Waals surface area contributed by atoms with Crippen LogP contribution in [0.4, 0.5) is 0 Å². The SMILES string of the molecule is CC[C@@H](C)[C@H](N)C(=O)OC[C@@H](O)C[C@@H]1O[C@](O)(C(=O)O)C[C@H](O)[C@@H]1[C@H](O)NC(C)=O. The monoisotopic (exact) mass is 436 g/mol. The van der Waals surface area contributed by atoms with Gasteiger partial charge in [0.15, 0.2) is 0 Å². The van der Waals surface area contributed by atoms with Crippen LogP contribution in [0.15, 0.2) is 0 Å². The van der Waals surface area contributed by atoms with E-state index in [4.69, 9.17) is 15.2 Å². The first kappa shape index (κ1) is 26.2. The van der Waals surface area contributed by atoms with Gasteiger partial charge in [-0.05, 0) is 5.92 Å². The van der Waals surface area contributed by atoms with Gasteiger partial charge < -0.3 is 46.1 Å². The number of amides is 1. The fraction of sp³-hybridized carbons (Fsp3) is 0.833. The van der Waals surface area contributed by atoms with E-state index < -0.39 is 79.6 Å². The molecule has 0 aromatic heterocycles. The van der Waals surface area contributed by atoms with E-state index in [0.29, 0.717) is 6.42 Å². The van der Waals surface area contributed by atoms with Crippen molar-refractivity contribution in [2.75, 3.05) is 6.61 Å². The first-order chi connectivity index (χ1) is 13.8. The summed E-state index contributed by atoms with van der Waals surface area (Å²) in [5.74, 6) is -7.29. The van der Waals surface area contributed by atoms with Gasteiger partial charge in [-0.1, -0.05) is 20.3 Å². The summed E-state index contributed by atoms with van der Waals surface area (Å²) in [7, 11) is 0. The normalized spacial score (nSPS) is 30.6. The molecule has 174 valence electrons. The van der Waals surface area contributed by atoms with Gasteiger partial charge >= 0.3 is 11.9 Å². The highest BCUT2D eigenvalue weighted by Crippen LogP contribution is 2.35. The van der Waals surface area contributed by atoms with Crippen LogP contribution in [0.5, 0.6) is 0 Å². The largest absolute Gasteiger partial charge is 0.477 e. The molecule has 1 aliphatic rings. The summed E-state index contributed by atoms with van der Waals surface area (Å²) in [5, 5.41) is 52.2. The van der Waals surface area contributed by atoms with Crippen molar-refractivity contribution in [2.24, 2.45) is 17.6 Å². The molecule has 8 N–H and O–H groups in total. The fourth-order valence-corrected chi connectivity index (χ4v) is 3.20. The summed E-state index contributed by atoms with van der Waals surface area (Å²) < 4.78 is 10.1. The van der Waals surface area contributed by atoms with Gasteiger partial charge in [-0.2, -0.15) is 0 Å². The van der Waals surface area contributed by atoms with Crippen molar-refractivity contribution in [1.29, 1.82) is 0 Å². The molecule has 0 aliphatic carbocycles. The quantitative estimate of drug-likeness (QED) is 0.142. The number of nitrogens with one attached hydrogen (secondary N) is 1. The van der Waals surface area contributed by atoms with Crippen molar-refractivity contribution >= 4 is 17.8 Å². The van der Waals surface area contributed by atoms with Gasteiger partial charge in [0.25, 0.3) is 5.79 Å². The van der Waals surface area contributed by atoms with Gasteiger partial charge in [0.1, 0.15) is 18.9 Å². The third-order valence-electron chi connectivity index (χ3n) is 5.21. The van der Waals surface area contributed by atoms with Gasteiger partial charge in [0.05, 0.1) is 24.2 Å². The lowest BCUT2D eigenvalue weighted by Crippen LogP contribution is -2.61. The highest BCUT2D eigenvalue weighted by atomic mass is 16.7. The smallest absolute Gasteiger partial charge is 0.364 e. The molecule has 30 heavy (non-hydrogen) atoms. The Labute approximate surface area is 174 Å². The van der Waals surface area contributed by atoms with Crippen molar-refractivity contribution in [3.8, 4) is 0 Å². The summed E-state index contributed by atoms with van der Waals surface area (Å²) in [6.07, 6.45) is -6.56. The van der Waals surface area contributed by atoms with Crippen molar-refractivity contribution in [3.05, 3.63) is 0 Å². The molecule has 8 atom stereocenters. The van der Waals surface area contributed by atoms with Crippen LogP contribution < -0.4 is 11.1 Å². The number of carbonyl (C=O) groups is 3. The fourth-order valence-electron chi connectivity index (χ4n) is 3.20. The Balaban J connectivity index is 2.88. The second kappa shape index (κ2) is 11.0. The second-order valence-electron chi connectivity index (χ2n) is 7.67. The van der Waals surface area contributed by atoms with Gasteiger partial charge in [-0.15, -0.1) is 0 Å². The number of esters is 1. The molecule has 0 bridgehead atoms.